The van der Waals surface area contributed by atoms with E-state index in [9.17, 15) is 43.2 Å². The number of rotatable bonds is 2. The first kappa shape index (κ1) is 28.4. The molecule has 0 aromatic heterocycles. The van der Waals surface area contributed by atoms with E-state index in [0.717, 1.165) is 0 Å². The van der Waals surface area contributed by atoms with Crippen LogP contribution in [-0.2, 0) is 19.7 Å². The topological polar surface area (TPSA) is 68.3 Å². The molecule has 0 N–H and O–H groups in total. The number of alkyl halides is 6. The van der Waals surface area contributed by atoms with Crippen LogP contribution in [0.2, 0.25) is 0 Å². The van der Waals surface area contributed by atoms with E-state index in [1.54, 1.807) is 0 Å². The standard InChI is InChI=1S/C3H2F6O4S2.ClH.K.Mg/c4-2(5,6)14(10,11)1-15(12,13)3(7,8)9;;;/h1H2;1H;;/q;;+1;+2/p-1. The van der Waals surface area contributed by atoms with Crippen molar-refractivity contribution in [1.29, 1.82) is 0 Å². The van der Waals surface area contributed by atoms with Crippen LogP contribution in [0, 0.1) is 0 Å². The average molecular weight is 379 g/mol. The summed E-state index contributed by atoms with van der Waals surface area (Å²) in [6, 6.07) is 0. The smallest absolute Gasteiger partial charge is 1.00 e. The molecule has 0 unspecified atom stereocenters. The molecule has 0 aliphatic heterocycles. The molecule has 0 atom stereocenters. The molecular formula is C3H2ClF6KMgO4S2+2. The molecule has 0 rings (SSSR count). The SMILES string of the molecule is O=S(=O)(CS(=O)(=O)C(F)(F)F)C(F)(F)F.[Cl-].[K+].[Mg+2]. The van der Waals surface area contributed by atoms with E-state index >= 15 is 0 Å². The fraction of sp³-hybridized carbons (Fsp3) is 1.00. The van der Waals surface area contributed by atoms with Crippen molar-refractivity contribution in [3.8, 4) is 0 Å². The Bertz CT molecular complexity index is 398. The normalized spacial score (nSPS) is 12.8. The second-order valence-electron chi connectivity index (χ2n) is 2.24. The molecule has 18 heavy (non-hydrogen) atoms. The Balaban J connectivity index is -0.000000327. The van der Waals surface area contributed by atoms with Crippen LogP contribution < -0.4 is 63.8 Å². The molecule has 0 fully saturated rings. The summed E-state index contributed by atoms with van der Waals surface area (Å²) in [6.45, 7) is 0. The summed E-state index contributed by atoms with van der Waals surface area (Å²) in [5.41, 5.74) is -12.1. The van der Waals surface area contributed by atoms with Crippen molar-refractivity contribution >= 4 is 42.7 Å². The van der Waals surface area contributed by atoms with Crippen LogP contribution in [0.15, 0.2) is 0 Å². The summed E-state index contributed by atoms with van der Waals surface area (Å²) in [5.74, 6) is 0. The zero-order valence-electron chi connectivity index (χ0n) is 8.51. The van der Waals surface area contributed by atoms with Crippen molar-refractivity contribution in [2.45, 2.75) is 11.0 Å². The third-order valence-corrected chi connectivity index (χ3v) is 4.91. The first-order valence-corrected chi connectivity index (χ1v) is 6.09. The van der Waals surface area contributed by atoms with Crippen LogP contribution in [0.1, 0.15) is 0 Å². The summed E-state index contributed by atoms with van der Waals surface area (Å²) in [5, 5.41) is -3.03. The van der Waals surface area contributed by atoms with Crippen molar-refractivity contribution in [3.05, 3.63) is 0 Å². The van der Waals surface area contributed by atoms with E-state index < -0.39 is 35.8 Å². The largest absolute Gasteiger partial charge is 2.00 e. The van der Waals surface area contributed by atoms with E-state index in [1.807, 2.05) is 0 Å². The van der Waals surface area contributed by atoms with Crippen molar-refractivity contribution in [2.75, 3.05) is 5.08 Å². The molecule has 0 saturated carbocycles. The Morgan fingerprint density at radius 1 is 0.722 bits per heavy atom. The Labute approximate surface area is 163 Å². The molecule has 0 aromatic rings. The van der Waals surface area contributed by atoms with Gasteiger partial charge in [0.05, 0.1) is 0 Å². The van der Waals surface area contributed by atoms with Gasteiger partial charge in [0, 0.05) is 0 Å². The van der Waals surface area contributed by atoms with Gasteiger partial charge in [-0.15, -0.1) is 0 Å². The van der Waals surface area contributed by atoms with Gasteiger partial charge in [-0.3, -0.25) is 0 Å². The van der Waals surface area contributed by atoms with Crippen molar-refractivity contribution < 1.29 is 107 Å². The van der Waals surface area contributed by atoms with Gasteiger partial charge < -0.3 is 12.4 Å². The molecular weight excluding hydrogens is 377 g/mol. The number of halogens is 7. The number of sulfone groups is 2. The third kappa shape index (κ3) is 7.82. The first-order valence-electron chi connectivity index (χ1n) is 2.79. The fourth-order valence-corrected chi connectivity index (χ4v) is 3.04. The molecule has 0 radical (unpaired) electrons. The Hall–Kier alpha value is 2.17. The predicted octanol–water partition coefficient (Wildman–Crippen LogP) is -5.56. The van der Waals surface area contributed by atoms with Crippen molar-refractivity contribution in [3.63, 3.8) is 0 Å². The van der Waals surface area contributed by atoms with E-state index in [-0.39, 0.29) is 86.8 Å². The Morgan fingerprint density at radius 2 is 0.889 bits per heavy atom. The van der Waals surface area contributed by atoms with Crippen LogP contribution in [0.25, 0.3) is 0 Å². The molecule has 0 aliphatic carbocycles. The van der Waals surface area contributed by atoms with Gasteiger partial charge in [-0.2, -0.15) is 26.3 Å². The molecule has 0 aromatic carbocycles. The quantitative estimate of drug-likeness (QED) is 0.355. The van der Waals surface area contributed by atoms with Gasteiger partial charge in [0.25, 0.3) is 19.7 Å². The molecule has 0 spiro atoms. The molecule has 0 heterocycles. The zero-order valence-corrected chi connectivity index (χ0v) is 15.4. The van der Waals surface area contributed by atoms with E-state index in [0.29, 0.717) is 0 Å². The average Bonchev–Trinajstić information content (AvgIpc) is 1.77. The Morgan fingerprint density at radius 3 is 1.00 bits per heavy atom. The number of hydrogen-bond acceptors (Lipinski definition) is 4. The molecule has 100 valence electrons. The van der Waals surface area contributed by atoms with Crippen LogP contribution in [0.3, 0.4) is 0 Å². The maximum absolute atomic E-state index is 11.5. The fourth-order valence-electron chi connectivity index (χ4n) is 0.338. The minimum Gasteiger partial charge on any atom is -1.00 e. The maximum Gasteiger partial charge on any atom is 2.00 e. The number of hydrogen-bond donors (Lipinski definition) is 0. The van der Waals surface area contributed by atoms with Crippen molar-refractivity contribution in [1.82, 2.24) is 0 Å². The Kier molecular flexibility index (Phi) is 13.5. The molecule has 0 aliphatic rings. The minimum atomic E-state index is -6.35. The molecule has 4 nitrogen and oxygen atoms in total. The monoisotopic (exact) mass is 378 g/mol. The maximum atomic E-state index is 11.5. The zero-order chi connectivity index (χ0) is 12.7. The van der Waals surface area contributed by atoms with Gasteiger partial charge in [0.2, 0.25) is 0 Å². The van der Waals surface area contributed by atoms with Crippen LogP contribution >= 0.6 is 0 Å². The van der Waals surface area contributed by atoms with Gasteiger partial charge in [-0.1, -0.05) is 0 Å². The molecule has 0 bridgehead atoms. The van der Waals surface area contributed by atoms with Gasteiger partial charge >= 0.3 is 85.5 Å². The van der Waals surface area contributed by atoms with Gasteiger partial charge in [0.1, 0.15) is 0 Å². The predicted molar refractivity (Wildman–Crippen MR) is 40.6 cm³/mol. The van der Waals surface area contributed by atoms with Gasteiger partial charge in [-0.05, 0) is 0 Å². The third-order valence-electron chi connectivity index (χ3n) is 1.02. The van der Waals surface area contributed by atoms with Gasteiger partial charge in [-0.25, -0.2) is 16.8 Å². The second kappa shape index (κ2) is 8.58. The van der Waals surface area contributed by atoms with Crippen LogP contribution in [0.4, 0.5) is 26.3 Å². The summed E-state index contributed by atoms with van der Waals surface area (Å²) >= 11 is 0. The summed E-state index contributed by atoms with van der Waals surface area (Å²) in [6.07, 6.45) is 0. The summed E-state index contributed by atoms with van der Waals surface area (Å²) < 4.78 is 110. The van der Waals surface area contributed by atoms with E-state index in [1.165, 1.54) is 0 Å². The second-order valence-corrected chi connectivity index (χ2v) is 6.57. The van der Waals surface area contributed by atoms with Crippen LogP contribution in [-0.4, -0.2) is 56.0 Å². The molecule has 0 saturated heterocycles. The first-order chi connectivity index (χ1) is 6.21. The van der Waals surface area contributed by atoms with E-state index in [4.69, 9.17) is 0 Å². The van der Waals surface area contributed by atoms with Crippen LogP contribution in [0.5, 0.6) is 0 Å². The molecule has 0 amide bonds. The molecule has 15 heteroatoms. The summed E-state index contributed by atoms with van der Waals surface area (Å²) in [4.78, 5) is 0. The van der Waals surface area contributed by atoms with Crippen molar-refractivity contribution in [2.24, 2.45) is 0 Å². The summed E-state index contributed by atoms with van der Waals surface area (Å²) in [7, 11) is -12.7. The van der Waals surface area contributed by atoms with E-state index in [2.05, 4.69) is 0 Å². The van der Waals surface area contributed by atoms with Gasteiger partial charge in [0.15, 0.2) is 5.08 Å². The minimum absolute atomic E-state index is 0.